The molecular weight excluding hydrogens is 304 g/mol. The van der Waals surface area contributed by atoms with Gasteiger partial charge in [0.1, 0.15) is 0 Å². The van der Waals surface area contributed by atoms with Crippen LogP contribution in [0.15, 0.2) is 50.5 Å². The molecule has 0 aliphatic carbocycles. The summed E-state index contributed by atoms with van der Waals surface area (Å²) in [4.78, 5) is 7.27. The van der Waals surface area contributed by atoms with E-state index in [0.717, 1.165) is 15.6 Å². The highest BCUT2D eigenvalue weighted by Gasteiger charge is 2.17. The molecule has 4 rings (SSSR count). The number of thiazole rings is 1. The van der Waals surface area contributed by atoms with Gasteiger partial charge in [0.2, 0.25) is 0 Å². The zero-order valence-corrected chi connectivity index (χ0v) is 13.3. The Morgan fingerprint density at radius 3 is 2.95 bits per heavy atom. The van der Waals surface area contributed by atoms with E-state index in [9.17, 15) is 0 Å². The molecule has 1 aliphatic heterocycles. The summed E-state index contributed by atoms with van der Waals surface area (Å²) in [5.41, 5.74) is 3.44. The Kier molecular flexibility index (Phi) is 3.13. The molecule has 0 fully saturated rings. The molecule has 1 aliphatic rings. The van der Waals surface area contributed by atoms with Crippen LogP contribution in [0, 0.1) is 0 Å². The Morgan fingerprint density at radius 2 is 2.05 bits per heavy atom. The maximum absolute atomic E-state index is 4.70. The number of thioether (sulfide) groups is 1. The Morgan fingerprint density at radius 1 is 1.15 bits per heavy atom. The van der Waals surface area contributed by atoms with E-state index in [2.05, 4.69) is 48.6 Å². The monoisotopic (exact) mass is 316 g/mol. The zero-order chi connectivity index (χ0) is 13.5. The van der Waals surface area contributed by atoms with Gasteiger partial charge in [0.25, 0.3) is 0 Å². The smallest absolute Gasteiger partial charge is 0.151 e. The van der Waals surface area contributed by atoms with Crippen LogP contribution in [0.2, 0.25) is 0 Å². The number of nitrogens with one attached hydrogen (secondary N) is 1. The molecule has 0 bridgehead atoms. The second kappa shape index (κ2) is 4.98. The third-order valence-corrected chi connectivity index (χ3v) is 6.29. The van der Waals surface area contributed by atoms with E-state index in [1.54, 1.807) is 11.3 Å². The number of hydrogen-bond acceptors (Lipinski definition) is 5. The van der Waals surface area contributed by atoms with Gasteiger partial charge in [-0.25, -0.2) is 4.98 Å². The number of rotatable bonds is 2. The molecule has 2 heterocycles. The summed E-state index contributed by atoms with van der Waals surface area (Å²) in [6.07, 6.45) is 0. The molecule has 0 saturated carbocycles. The molecule has 20 heavy (non-hydrogen) atoms. The predicted molar refractivity (Wildman–Crippen MR) is 89.9 cm³/mol. The van der Waals surface area contributed by atoms with Gasteiger partial charge in [0.05, 0.1) is 21.6 Å². The van der Waals surface area contributed by atoms with Crippen LogP contribution in [0.1, 0.15) is 6.92 Å². The van der Waals surface area contributed by atoms with Crippen molar-refractivity contribution >= 4 is 56.5 Å². The van der Waals surface area contributed by atoms with Crippen molar-refractivity contribution in [1.29, 1.82) is 0 Å². The molecule has 0 spiro atoms. The molecule has 1 aromatic heterocycles. The van der Waals surface area contributed by atoms with Crippen molar-refractivity contribution in [3.05, 3.63) is 36.4 Å². The summed E-state index contributed by atoms with van der Waals surface area (Å²) < 4.78 is 2.43. The molecule has 5 heteroatoms. The second-order valence-electron chi connectivity index (χ2n) is 4.45. The van der Waals surface area contributed by atoms with Crippen LogP contribution in [0.3, 0.4) is 0 Å². The zero-order valence-electron chi connectivity index (χ0n) is 10.8. The summed E-state index contributed by atoms with van der Waals surface area (Å²) in [7, 11) is 0. The average Bonchev–Trinajstić information content (AvgIpc) is 2.84. The Labute approximate surface area is 130 Å². The minimum absolute atomic E-state index is 1.07. The lowest BCUT2D eigenvalue weighted by atomic mass is 10.2. The lowest BCUT2D eigenvalue weighted by Gasteiger charge is -2.20. The first kappa shape index (κ1) is 12.6. The van der Waals surface area contributed by atoms with Crippen LogP contribution >= 0.6 is 34.9 Å². The van der Waals surface area contributed by atoms with E-state index in [1.165, 1.54) is 25.9 Å². The van der Waals surface area contributed by atoms with Crippen LogP contribution in [-0.4, -0.2) is 10.7 Å². The average molecular weight is 316 g/mol. The minimum atomic E-state index is 1.07. The van der Waals surface area contributed by atoms with E-state index in [-0.39, 0.29) is 0 Å². The first-order valence-electron chi connectivity index (χ1n) is 6.45. The topological polar surface area (TPSA) is 24.9 Å². The summed E-state index contributed by atoms with van der Waals surface area (Å²) in [5, 5.41) is 3.51. The first-order chi connectivity index (χ1) is 9.83. The molecule has 3 aromatic rings. The summed E-state index contributed by atoms with van der Waals surface area (Å²) in [5.74, 6) is 1.07. The quantitative estimate of drug-likeness (QED) is 0.485. The van der Waals surface area contributed by atoms with E-state index in [1.807, 2.05) is 23.5 Å². The summed E-state index contributed by atoms with van der Waals surface area (Å²) in [6, 6.07) is 12.9. The molecule has 2 aromatic carbocycles. The number of fused-ring (bicyclic) bond motifs is 3. The number of anilines is 2. The van der Waals surface area contributed by atoms with Gasteiger partial charge in [0, 0.05) is 9.79 Å². The molecule has 2 nitrogen and oxygen atoms in total. The van der Waals surface area contributed by atoms with Gasteiger partial charge in [-0.2, -0.15) is 0 Å². The number of nitrogens with zero attached hydrogens (tertiary/aromatic N) is 1. The van der Waals surface area contributed by atoms with Crippen molar-refractivity contribution in [2.24, 2.45) is 0 Å². The van der Waals surface area contributed by atoms with Crippen LogP contribution in [0.5, 0.6) is 0 Å². The van der Waals surface area contributed by atoms with Crippen molar-refractivity contribution in [3.8, 4) is 0 Å². The largest absolute Gasteiger partial charge is 0.354 e. The van der Waals surface area contributed by atoms with Gasteiger partial charge in [-0.05, 0) is 30.0 Å². The van der Waals surface area contributed by atoms with Gasteiger partial charge in [-0.15, -0.1) is 11.3 Å². The van der Waals surface area contributed by atoms with Crippen molar-refractivity contribution in [3.63, 3.8) is 0 Å². The number of benzene rings is 2. The fraction of sp³-hybridized carbons (Fsp3) is 0.133. The van der Waals surface area contributed by atoms with Crippen LogP contribution in [0.25, 0.3) is 10.2 Å². The molecule has 0 amide bonds. The van der Waals surface area contributed by atoms with Crippen molar-refractivity contribution in [2.45, 2.75) is 21.1 Å². The van der Waals surface area contributed by atoms with Crippen LogP contribution < -0.4 is 5.32 Å². The molecule has 1 N–H and O–H groups in total. The SMILES string of the molecule is CCSc1nc2cc3c(cc2s1)Sc1ccccc1N3. The highest BCUT2D eigenvalue weighted by molar-refractivity contribution is 8.01. The predicted octanol–water partition coefficient (Wildman–Crippen LogP) is 5.62. The minimum Gasteiger partial charge on any atom is -0.354 e. The highest BCUT2D eigenvalue weighted by Crippen LogP contribution is 2.46. The highest BCUT2D eigenvalue weighted by atomic mass is 32.2. The normalized spacial score (nSPS) is 12.8. The number of para-hydroxylation sites is 1. The maximum atomic E-state index is 4.70. The standard InChI is InChI=1S/C15H12N2S3/c1-2-18-15-17-11-7-10-13(8-14(11)20-15)19-12-6-4-3-5-9(12)16-10/h3-8,16H,2H2,1H3. The van der Waals surface area contributed by atoms with Gasteiger partial charge in [-0.3, -0.25) is 0 Å². The lowest BCUT2D eigenvalue weighted by Crippen LogP contribution is -1.99. The Hall–Kier alpha value is -1.17. The van der Waals surface area contributed by atoms with Crippen molar-refractivity contribution in [1.82, 2.24) is 4.98 Å². The fourth-order valence-electron chi connectivity index (χ4n) is 2.22. The van der Waals surface area contributed by atoms with Gasteiger partial charge >= 0.3 is 0 Å². The molecule has 0 unspecified atom stereocenters. The fourth-order valence-corrected chi connectivity index (χ4v) is 5.29. The van der Waals surface area contributed by atoms with E-state index < -0.39 is 0 Å². The third kappa shape index (κ3) is 2.10. The van der Waals surface area contributed by atoms with Gasteiger partial charge in [0.15, 0.2) is 4.34 Å². The number of aromatic nitrogens is 1. The van der Waals surface area contributed by atoms with Crippen LogP contribution in [-0.2, 0) is 0 Å². The Balaban J connectivity index is 1.81. The van der Waals surface area contributed by atoms with E-state index >= 15 is 0 Å². The molecule has 100 valence electrons. The molecule has 0 atom stereocenters. The Bertz CT molecular complexity index is 733. The van der Waals surface area contributed by atoms with E-state index in [4.69, 9.17) is 4.98 Å². The first-order valence-corrected chi connectivity index (χ1v) is 9.06. The van der Waals surface area contributed by atoms with Crippen molar-refractivity contribution < 1.29 is 0 Å². The maximum Gasteiger partial charge on any atom is 0.151 e. The summed E-state index contributed by atoms with van der Waals surface area (Å²) in [6.45, 7) is 2.16. The third-order valence-electron chi connectivity index (χ3n) is 3.11. The van der Waals surface area contributed by atoms with Crippen LogP contribution in [0.4, 0.5) is 11.4 Å². The number of hydrogen-bond donors (Lipinski definition) is 1. The van der Waals surface area contributed by atoms with E-state index in [0.29, 0.717) is 0 Å². The molecule has 0 saturated heterocycles. The second-order valence-corrected chi connectivity index (χ2v) is 8.08. The lowest BCUT2D eigenvalue weighted by molar-refractivity contribution is 1.28. The molecule has 0 radical (unpaired) electrons. The van der Waals surface area contributed by atoms with Gasteiger partial charge in [-0.1, -0.05) is 42.6 Å². The molecular formula is C15H12N2S3. The summed E-state index contributed by atoms with van der Waals surface area (Å²) >= 11 is 5.43. The van der Waals surface area contributed by atoms with Gasteiger partial charge < -0.3 is 5.32 Å². The van der Waals surface area contributed by atoms with Crippen molar-refractivity contribution in [2.75, 3.05) is 11.1 Å².